The number of nitrogens with zero attached hydrogens (tertiary/aromatic N) is 6. The fraction of sp³-hybridized carbons (Fsp3) is 0.592. The van der Waals surface area contributed by atoms with Crippen LogP contribution in [-0.4, -0.2) is 201 Å². The summed E-state index contributed by atoms with van der Waals surface area (Å²) in [4.78, 5) is 131. The number of nitrogens with one attached hydrogen (secondary N) is 6. The van der Waals surface area contributed by atoms with Crippen LogP contribution >= 0.6 is 0 Å². The number of carbonyl (C=O) groups excluding carboxylic acids is 9. The van der Waals surface area contributed by atoms with Gasteiger partial charge in [-0.2, -0.15) is 0 Å². The van der Waals surface area contributed by atoms with Gasteiger partial charge in [0.15, 0.2) is 5.82 Å². The van der Waals surface area contributed by atoms with E-state index in [1.807, 2.05) is 45.9 Å². The molecule has 11 N–H and O–H groups in total. The van der Waals surface area contributed by atoms with Gasteiger partial charge in [-0.15, -0.1) is 10.2 Å². The molecule has 1 aromatic heterocycles. The first-order valence-electron chi connectivity index (χ1n) is 34.0. The van der Waals surface area contributed by atoms with E-state index in [1.54, 1.807) is 92.5 Å². The van der Waals surface area contributed by atoms with Gasteiger partial charge in [-0.05, 0) is 111 Å². The average Bonchev–Trinajstić information content (AvgIpc) is 1.61. The van der Waals surface area contributed by atoms with Gasteiger partial charge in [0.1, 0.15) is 35.7 Å². The van der Waals surface area contributed by atoms with Crippen molar-refractivity contribution >= 4 is 53.3 Å². The van der Waals surface area contributed by atoms with E-state index in [4.69, 9.17) is 15.2 Å². The van der Waals surface area contributed by atoms with Crippen LogP contribution in [0.1, 0.15) is 173 Å². The molecule has 2 heterocycles. The lowest BCUT2D eigenvalue weighted by atomic mass is 9.89. The molecular formula is C71H107N13O14. The highest BCUT2D eigenvalue weighted by Gasteiger charge is 2.45. The number of aromatic hydroxyl groups is 2. The van der Waals surface area contributed by atoms with Crippen molar-refractivity contribution in [1.82, 2.24) is 61.4 Å². The second kappa shape index (κ2) is 36.8. The Morgan fingerprint density at radius 1 is 0.704 bits per heavy atom. The maximum Gasteiger partial charge on any atom is 0.312 e. The highest BCUT2D eigenvalue weighted by molar-refractivity contribution is 5.99. The van der Waals surface area contributed by atoms with Crippen molar-refractivity contribution in [1.29, 1.82) is 0 Å². The number of ether oxygens (including phenoxy) is 2. The minimum atomic E-state index is -1.32. The van der Waals surface area contributed by atoms with E-state index in [0.717, 1.165) is 0 Å². The molecule has 1 aliphatic rings. The van der Waals surface area contributed by atoms with Gasteiger partial charge >= 0.3 is 6.03 Å². The first-order chi connectivity index (χ1) is 46.3. The van der Waals surface area contributed by atoms with Crippen LogP contribution in [0.15, 0.2) is 66.7 Å². The first kappa shape index (κ1) is 80.0. The third kappa shape index (κ3) is 20.0. The predicted octanol–water partition coefficient (Wildman–Crippen LogP) is 5.69. The van der Waals surface area contributed by atoms with Crippen LogP contribution in [0, 0.1) is 29.6 Å². The number of carbonyl (C=O) groups is 9. The maximum atomic E-state index is 15.1. The number of aliphatic hydroxyl groups is 1. The molecule has 3 aromatic carbocycles. The summed E-state index contributed by atoms with van der Waals surface area (Å²) in [5.74, 6) is -7.57. The summed E-state index contributed by atoms with van der Waals surface area (Å²) < 4.78 is 13.5. The lowest BCUT2D eigenvalue weighted by molar-refractivity contribution is -0.149. The SMILES string of the molecule is CCNC(=O)c1nnc(-c2cc(C(C)C)c(O)cc2O)n1-c1ccc(C(=O)N[C@H](C(=O)N[C@@H](CCCNC(N)=O)C(=O)N(C)[C@@H](C(=O)N[C@H](C(=O)N(C)C([C@@H](C)CC)[C@@H](CC(=O)N2CCC[C@@H]2[C@@H](OC)[C@@H](C)C(=O)N[C@@H](C)[C@H](O)c2ccccc2)OC)C(C)C)C(C)C)C(C)C)cc1. The van der Waals surface area contributed by atoms with Gasteiger partial charge in [0, 0.05) is 65.3 Å². The minimum absolute atomic E-state index is 0.0279. The molecule has 1 aliphatic heterocycles. The molecule has 0 radical (unpaired) electrons. The summed E-state index contributed by atoms with van der Waals surface area (Å²) in [5, 5.41) is 57.7. The monoisotopic (exact) mass is 1370 g/mol. The van der Waals surface area contributed by atoms with Crippen molar-refractivity contribution in [3.63, 3.8) is 0 Å². The minimum Gasteiger partial charge on any atom is -0.508 e. The summed E-state index contributed by atoms with van der Waals surface area (Å²) in [6.07, 6.45) is -0.681. The fourth-order valence-corrected chi connectivity index (χ4v) is 12.8. The van der Waals surface area contributed by atoms with Crippen molar-refractivity contribution in [2.24, 2.45) is 35.3 Å². The average molecular weight is 1370 g/mol. The van der Waals surface area contributed by atoms with Crippen LogP contribution in [0.25, 0.3) is 17.1 Å². The summed E-state index contributed by atoms with van der Waals surface area (Å²) in [7, 11) is 6.02. The maximum absolute atomic E-state index is 15.1. The Labute approximate surface area is 576 Å². The molecule has 0 spiro atoms. The van der Waals surface area contributed by atoms with E-state index >= 15 is 4.79 Å². The number of hydrogen-bond acceptors (Lipinski definition) is 16. The van der Waals surface area contributed by atoms with Crippen molar-refractivity contribution in [2.75, 3.05) is 47.9 Å². The summed E-state index contributed by atoms with van der Waals surface area (Å²) in [6.45, 7) is 24.0. The Balaban J connectivity index is 1.34. The molecule has 10 amide bonds. The fourth-order valence-electron chi connectivity index (χ4n) is 12.8. The van der Waals surface area contributed by atoms with Gasteiger partial charge in [0.25, 0.3) is 11.8 Å². The number of phenolic OH excluding ortho intramolecular Hbond substituents is 2. The third-order valence-corrected chi connectivity index (χ3v) is 18.6. The number of nitrogens with two attached hydrogens (primary N) is 1. The van der Waals surface area contributed by atoms with Crippen LogP contribution in [0.4, 0.5) is 4.79 Å². The number of benzene rings is 3. The van der Waals surface area contributed by atoms with E-state index in [-0.39, 0.29) is 90.3 Å². The highest BCUT2D eigenvalue weighted by Crippen LogP contribution is 2.39. The number of primary amides is 1. The lowest BCUT2D eigenvalue weighted by Crippen LogP contribution is -2.62. The van der Waals surface area contributed by atoms with Gasteiger partial charge < -0.3 is 77.1 Å². The molecule has 5 rings (SSSR count). The molecule has 12 atom stereocenters. The van der Waals surface area contributed by atoms with Crippen molar-refractivity contribution in [3.8, 4) is 28.6 Å². The molecule has 1 unspecified atom stereocenters. The zero-order valence-electron chi connectivity index (χ0n) is 60.0. The number of amides is 10. The molecule has 0 bridgehead atoms. The van der Waals surface area contributed by atoms with Crippen LogP contribution in [0.3, 0.4) is 0 Å². The molecule has 540 valence electrons. The largest absolute Gasteiger partial charge is 0.508 e. The first-order valence-corrected chi connectivity index (χ1v) is 34.0. The molecular weight excluding hydrogens is 1260 g/mol. The van der Waals surface area contributed by atoms with Crippen molar-refractivity contribution in [3.05, 3.63) is 89.2 Å². The van der Waals surface area contributed by atoms with Crippen LogP contribution in [-0.2, 0) is 38.2 Å². The number of phenols is 2. The Hall–Kier alpha value is -8.69. The Bertz CT molecular complexity index is 3360. The number of likely N-dealkylation sites (N-methyl/N-ethyl adjacent to an activating group) is 2. The molecule has 27 nitrogen and oxygen atoms in total. The van der Waals surface area contributed by atoms with E-state index in [0.29, 0.717) is 42.6 Å². The van der Waals surface area contributed by atoms with Crippen molar-refractivity contribution in [2.45, 2.75) is 195 Å². The number of rotatable bonds is 35. The van der Waals surface area contributed by atoms with Gasteiger partial charge in [-0.25, -0.2) is 4.79 Å². The second-order valence-corrected chi connectivity index (χ2v) is 27.0. The standard InChI is InChI=1S/C71H107N13O14/c1-18-42(11)59(54(97-16)37-55(87)83-34-24-28-51(83)61(98-17)43(12)64(89)75-44(13)60(88)45-25-21-20-22-26-45)82(15)70(95)57(40(7)8)78-67(92)58(41(9)10)81(14)69(94)50(27-23-33-74-71(72)96)76-66(91)56(39(5)6)77-65(90)46-29-31-47(32-30-46)84-62(79-80-63(84)68(93)73-19-2)49-35-48(38(3)4)52(85)36-53(49)86/h20-22,25-26,29-32,35-36,38-44,50-51,54,56-61,85-86,88H,18-19,23-24,27-28,33-34,37H2,1-17H3,(H,73,93)(H,75,89)(H,76,91)(H,77,90)(H,78,92)(H3,72,74,96)/t42-,43+,44-,50-,51+,54+,56-,57-,58+,59?,60-,61-/m0/s1. The van der Waals surface area contributed by atoms with Crippen LogP contribution in [0.2, 0.25) is 0 Å². The topological polar surface area (TPSA) is 371 Å². The number of likely N-dealkylation sites (tertiary alicyclic amines) is 1. The number of aliphatic hydroxyl groups excluding tert-OH is 1. The van der Waals surface area contributed by atoms with Crippen LogP contribution in [0.5, 0.6) is 11.5 Å². The Morgan fingerprint density at radius 3 is 1.91 bits per heavy atom. The number of methoxy groups -OCH3 is 2. The summed E-state index contributed by atoms with van der Waals surface area (Å²) in [6, 6.07) is 10.3. The second-order valence-electron chi connectivity index (χ2n) is 27.0. The van der Waals surface area contributed by atoms with E-state index < -0.39 is 126 Å². The third-order valence-electron chi connectivity index (χ3n) is 18.6. The lowest BCUT2D eigenvalue weighted by Gasteiger charge is -2.41. The molecule has 1 fully saturated rings. The zero-order chi connectivity index (χ0) is 73.2. The summed E-state index contributed by atoms with van der Waals surface area (Å²) in [5.41, 5.74) is 7.14. The molecule has 0 saturated carbocycles. The van der Waals surface area contributed by atoms with E-state index in [2.05, 4.69) is 42.1 Å². The molecule has 0 aliphatic carbocycles. The van der Waals surface area contributed by atoms with Crippen molar-refractivity contribution < 1.29 is 67.9 Å². The van der Waals surface area contributed by atoms with E-state index in [9.17, 15) is 53.7 Å². The number of urea groups is 1. The van der Waals surface area contributed by atoms with Gasteiger partial charge in [0.2, 0.25) is 41.3 Å². The Kier molecular flexibility index (Phi) is 30.0. The molecule has 4 aromatic rings. The highest BCUT2D eigenvalue weighted by atomic mass is 16.5. The Morgan fingerprint density at radius 2 is 1.35 bits per heavy atom. The van der Waals surface area contributed by atoms with E-state index in [1.165, 1.54) is 66.0 Å². The predicted molar refractivity (Wildman–Crippen MR) is 370 cm³/mol. The normalized spacial score (nSPS) is 16.6. The number of aromatic nitrogens is 3. The molecule has 1 saturated heterocycles. The molecule has 98 heavy (non-hydrogen) atoms. The summed E-state index contributed by atoms with van der Waals surface area (Å²) >= 11 is 0. The molecule has 27 heteroatoms. The smallest absolute Gasteiger partial charge is 0.312 e. The van der Waals surface area contributed by atoms with Crippen LogP contribution < -0.4 is 37.6 Å². The number of hydrogen-bond donors (Lipinski definition) is 10. The van der Waals surface area contributed by atoms with Gasteiger partial charge in [-0.3, -0.25) is 42.9 Å². The quantitative estimate of drug-likeness (QED) is 0.0247. The van der Waals surface area contributed by atoms with Gasteiger partial charge in [-0.1, -0.05) is 113 Å². The zero-order valence-corrected chi connectivity index (χ0v) is 60.0. The van der Waals surface area contributed by atoms with Gasteiger partial charge in [0.05, 0.1) is 54.3 Å².